The maximum absolute atomic E-state index is 14.8. The summed E-state index contributed by atoms with van der Waals surface area (Å²) in [6.45, 7) is 16.4. The Bertz CT molecular complexity index is 1420. The molecule has 3 aliphatic heterocycles. The lowest BCUT2D eigenvalue weighted by Crippen LogP contribution is -2.59. The molecule has 1 spiro atoms. The summed E-state index contributed by atoms with van der Waals surface area (Å²) >= 11 is 1.63. The molecule has 0 aromatic heterocycles. The van der Waals surface area contributed by atoms with Gasteiger partial charge in [0, 0.05) is 29.6 Å². The van der Waals surface area contributed by atoms with E-state index in [-0.39, 0.29) is 36.1 Å². The molecule has 3 amide bonds. The molecule has 3 aliphatic rings. The number of thioether (sulfide) groups is 1. The average molecular weight is 632 g/mol. The van der Waals surface area contributed by atoms with Crippen LogP contribution in [0.3, 0.4) is 0 Å². The van der Waals surface area contributed by atoms with Crippen LogP contribution in [0.25, 0.3) is 0 Å². The summed E-state index contributed by atoms with van der Waals surface area (Å²) in [6, 6.07) is 15.2. The fraction of sp³-hybridized carbons (Fsp3) is 0.472. The minimum absolute atomic E-state index is 0.106. The van der Waals surface area contributed by atoms with Gasteiger partial charge in [0.2, 0.25) is 17.7 Å². The number of amides is 3. The SMILES string of the molecule is C=CCN(C(=O)[C@@H]1[C@H]2C(=O)N([C@H](CO)c3ccccc3)C(C(=O)N(CC=C)C(C)(C)C)C23CC[C@H]1S3)c1ccc(OCC)cc1. The van der Waals surface area contributed by atoms with Gasteiger partial charge >= 0.3 is 0 Å². The van der Waals surface area contributed by atoms with Gasteiger partial charge in [-0.3, -0.25) is 14.4 Å². The molecule has 2 unspecified atom stereocenters. The lowest BCUT2D eigenvalue weighted by atomic mass is 9.70. The molecule has 45 heavy (non-hydrogen) atoms. The maximum atomic E-state index is 14.8. The number of hydrogen-bond acceptors (Lipinski definition) is 6. The number of rotatable bonds is 12. The smallest absolute Gasteiger partial charge is 0.247 e. The van der Waals surface area contributed by atoms with E-state index < -0.39 is 34.2 Å². The molecule has 1 N–H and O–H groups in total. The third kappa shape index (κ3) is 5.69. The van der Waals surface area contributed by atoms with Gasteiger partial charge < -0.3 is 24.5 Å². The van der Waals surface area contributed by atoms with Gasteiger partial charge in [-0.25, -0.2) is 0 Å². The molecule has 0 saturated carbocycles. The van der Waals surface area contributed by atoms with E-state index in [2.05, 4.69) is 13.2 Å². The molecular formula is C36H45N3O5S. The Labute approximate surface area is 271 Å². The molecular weight excluding hydrogens is 586 g/mol. The molecule has 0 aliphatic carbocycles. The van der Waals surface area contributed by atoms with Crippen molar-refractivity contribution in [2.75, 3.05) is 31.2 Å². The molecule has 2 aromatic rings. The Balaban J connectivity index is 1.60. The van der Waals surface area contributed by atoms with Crippen LogP contribution in [0.1, 0.15) is 52.1 Å². The standard InChI is InChI=1S/C36H45N3O5S/c1-7-21-37(25-15-17-26(18-16-25)44-9-3)32(41)29-28-19-20-36(45-28)30(29)33(42)39(27(23-40)24-13-11-10-12-14-24)31(36)34(43)38(22-8-2)35(4,5)6/h7-8,10-18,27-31,40H,1-2,9,19-23H2,3-6H3/t27-,28-,29+,30+,31?,36?/m1/s1. The Kier molecular flexibility index (Phi) is 9.52. The van der Waals surface area contributed by atoms with E-state index in [0.717, 1.165) is 12.0 Å². The monoisotopic (exact) mass is 631 g/mol. The number of nitrogens with zero attached hydrogens (tertiary/aromatic N) is 3. The van der Waals surface area contributed by atoms with E-state index in [1.54, 1.807) is 38.6 Å². The number of carbonyl (C=O) groups excluding carboxylic acids is 3. The van der Waals surface area contributed by atoms with Crippen LogP contribution in [-0.4, -0.2) is 80.5 Å². The van der Waals surface area contributed by atoms with E-state index in [1.165, 1.54) is 0 Å². The van der Waals surface area contributed by atoms with E-state index >= 15 is 0 Å². The van der Waals surface area contributed by atoms with Crippen molar-refractivity contribution in [3.05, 3.63) is 85.5 Å². The van der Waals surface area contributed by atoms with Crippen LogP contribution < -0.4 is 9.64 Å². The van der Waals surface area contributed by atoms with Gasteiger partial charge in [0.25, 0.3) is 0 Å². The van der Waals surface area contributed by atoms with Gasteiger partial charge in [0.05, 0.1) is 35.8 Å². The van der Waals surface area contributed by atoms with Crippen molar-refractivity contribution in [2.45, 2.75) is 68.2 Å². The summed E-state index contributed by atoms with van der Waals surface area (Å²) in [5.41, 5.74) is 0.905. The zero-order valence-electron chi connectivity index (χ0n) is 26.7. The van der Waals surface area contributed by atoms with Crippen molar-refractivity contribution in [2.24, 2.45) is 11.8 Å². The van der Waals surface area contributed by atoms with Crippen LogP contribution in [-0.2, 0) is 14.4 Å². The van der Waals surface area contributed by atoms with Crippen LogP contribution in [0.5, 0.6) is 5.75 Å². The molecule has 3 fully saturated rings. The molecule has 2 aromatic carbocycles. The molecule has 9 heteroatoms. The first-order valence-corrected chi connectivity index (χ1v) is 16.6. The molecule has 3 saturated heterocycles. The van der Waals surface area contributed by atoms with E-state index in [4.69, 9.17) is 4.74 Å². The average Bonchev–Trinajstić information content (AvgIpc) is 3.67. The lowest BCUT2D eigenvalue weighted by Gasteiger charge is -2.43. The van der Waals surface area contributed by atoms with E-state index in [0.29, 0.717) is 31.0 Å². The summed E-state index contributed by atoms with van der Waals surface area (Å²) in [5.74, 6) is -1.20. The van der Waals surface area contributed by atoms with Gasteiger partial charge in [0.15, 0.2) is 0 Å². The molecule has 2 bridgehead atoms. The van der Waals surface area contributed by atoms with Crippen LogP contribution in [0, 0.1) is 11.8 Å². The van der Waals surface area contributed by atoms with Crippen LogP contribution in [0.4, 0.5) is 5.69 Å². The molecule has 6 atom stereocenters. The number of aliphatic hydroxyl groups is 1. The number of carbonyl (C=O) groups is 3. The predicted octanol–water partition coefficient (Wildman–Crippen LogP) is 5.24. The highest BCUT2D eigenvalue weighted by Gasteiger charge is 2.75. The fourth-order valence-electron chi connectivity index (χ4n) is 7.51. The maximum Gasteiger partial charge on any atom is 0.247 e. The van der Waals surface area contributed by atoms with Crippen LogP contribution >= 0.6 is 11.8 Å². The summed E-state index contributed by atoms with van der Waals surface area (Å²) in [5, 5.41) is 10.7. The summed E-state index contributed by atoms with van der Waals surface area (Å²) in [6.07, 6.45) is 4.75. The zero-order valence-corrected chi connectivity index (χ0v) is 27.5. The lowest BCUT2D eigenvalue weighted by molar-refractivity contribution is -0.148. The number of anilines is 1. The number of benzene rings is 2. The van der Waals surface area contributed by atoms with Gasteiger partial charge in [0.1, 0.15) is 11.8 Å². The highest BCUT2D eigenvalue weighted by Crippen LogP contribution is 2.67. The fourth-order valence-corrected chi connectivity index (χ4v) is 9.70. The Hall–Kier alpha value is -3.56. The highest BCUT2D eigenvalue weighted by atomic mass is 32.2. The van der Waals surface area contributed by atoms with Crippen LogP contribution in [0.15, 0.2) is 79.9 Å². The van der Waals surface area contributed by atoms with Crippen molar-refractivity contribution < 1.29 is 24.2 Å². The predicted molar refractivity (Wildman–Crippen MR) is 179 cm³/mol. The number of fused-ring (bicyclic) bond motifs is 1. The largest absolute Gasteiger partial charge is 0.494 e. The van der Waals surface area contributed by atoms with Gasteiger partial charge in [-0.1, -0.05) is 42.5 Å². The Morgan fingerprint density at radius 1 is 1.09 bits per heavy atom. The molecule has 5 rings (SSSR count). The van der Waals surface area contributed by atoms with Crippen molar-refractivity contribution in [1.29, 1.82) is 0 Å². The van der Waals surface area contributed by atoms with Gasteiger partial charge in [-0.15, -0.1) is 24.9 Å². The van der Waals surface area contributed by atoms with Gasteiger partial charge in [-0.2, -0.15) is 0 Å². The first-order valence-electron chi connectivity index (χ1n) is 15.8. The van der Waals surface area contributed by atoms with E-state index in [1.807, 2.05) is 82.3 Å². The Morgan fingerprint density at radius 3 is 2.33 bits per heavy atom. The topological polar surface area (TPSA) is 90.4 Å². The van der Waals surface area contributed by atoms with Crippen LogP contribution in [0.2, 0.25) is 0 Å². The number of likely N-dealkylation sites (tertiary alicyclic amines) is 1. The number of aliphatic hydroxyl groups excluding tert-OH is 1. The molecule has 3 heterocycles. The minimum atomic E-state index is -0.849. The third-order valence-electron chi connectivity index (χ3n) is 9.37. The zero-order chi connectivity index (χ0) is 32.5. The second kappa shape index (κ2) is 13.0. The first-order chi connectivity index (χ1) is 21.5. The summed E-state index contributed by atoms with van der Waals surface area (Å²) in [7, 11) is 0. The third-order valence-corrected chi connectivity index (χ3v) is 11.3. The van der Waals surface area contributed by atoms with Crippen molar-refractivity contribution in [1.82, 2.24) is 9.80 Å². The number of hydrogen-bond donors (Lipinski definition) is 1. The molecule has 0 radical (unpaired) electrons. The first kappa shape index (κ1) is 32.8. The van der Waals surface area contributed by atoms with Crippen molar-refractivity contribution in [3.63, 3.8) is 0 Å². The second-order valence-corrected chi connectivity index (χ2v) is 14.6. The minimum Gasteiger partial charge on any atom is -0.494 e. The quantitative estimate of drug-likeness (QED) is 0.322. The summed E-state index contributed by atoms with van der Waals surface area (Å²) < 4.78 is 4.81. The second-order valence-electron chi connectivity index (χ2n) is 13.0. The molecule has 8 nitrogen and oxygen atoms in total. The normalized spacial score (nSPS) is 25.9. The molecule has 240 valence electrons. The Morgan fingerprint density at radius 2 is 1.76 bits per heavy atom. The number of ether oxygens (including phenoxy) is 1. The summed E-state index contributed by atoms with van der Waals surface area (Å²) in [4.78, 5) is 49.3. The van der Waals surface area contributed by atoms with E-state index in [9.17, 15) is 19.5 Å². The van der Waals surface area contributed by atoms with Crippen molar-refractivity contribution in [3.8, 4) is 5.75 Å². The van der Waals surface area contributed by atoms with Crippen molar-refractivity contribution >= 4 is 35.2 Å². The highest BCUT2D eigenvalue weighted by molar-refractivity contribution is 8.02. The van der Waals surface area contributed by atoms with Gasteiger partial charge in [-0.05, 0) is 70.4 Å².